The molecule has 1 nitrogen and oxygen atoms in total. The molecule has 94 valence electrons. The van der Waals surface area contributed by atoms with Gasteiger partial charge in [0.25, 0.3) is 0 Å². The van der Waals surface area contributed by atoms with E-state index in [2.05, 4.69) is 55.8 Å². The molecule has 2 heterocycles. The van der Waals surface area contributed by atoms with Crippen LogP contribution in [0.15, 0.2) is 23.6 Å². The van der Waals surface area contributed by atoms with Crippen LogP contribution in [0.2, 0.25) is 0 Å². The topological polar surface area (TPSA) is 3.01 Å². The second-order valence-corrected chi connectivity index (χ2v) is 6.60. The second kappa shape index (κ2) is 3.92. The van der Waals surface area contributed by atoms with Crippen molar-refractivity contribution in [2.45, 2.75) is 39.5 Å². The molecule has 0 saturated heterocycles. The maximum Gasteiger partial charge on any atom is 0.210 e. The molecule has 1 aromatic carbocycles. The van der Waals surface area contributed by atoms with Gasteiger partial charge in [-0.2, -0.15) is 4.58 Å². The number of thiophene rings is 1. The summed E-state index contributed by atoms with van der Waals surface area (Å²) >= 11 is 1.84. The average Bonchev–Trinajstić information content (AvgIpc) is 2.87. The lowest BCUT2D eigenvalue weighted by Crippen LogP contribution is -2.26. The molecule has 0 unspecified atom stereocenters. The minimum Gasteiger partial charge on any atom is -0.199 e. The Morgan fingerprint density at radius 3 is 2.72 bits per heavy atom. The summed E-state index contributed by atoms with van der Waals surface area (Å²) in [5.74, 6) is 0. The van der Waals surface area contributed by atoms with Crippen molar-refractivity contribution in [3.05, 3.63) is 29.1 Å². The highest BCUT2D eigenvalue weighted by Crippen LogP contribution is 2.44. The van der Waals surface area contributed by atoms with Crippen LogP contribution >= 0.6 is 11.3 Å². The lowest BCUT2D eigenvalue weighted by Gasteiger charge is -2.15. The van der Waals surface area contributed by atoms with Crippen LogP contribution in [0.4, 0.5) is 5.69 Å². The van der Waals surface area contributed by atoms with Crippen LogP contribution < -0.4 is 0 Å². The van der Waals surface area contributed by atoms with Crippen LogP contribution in [0, 0.1) is 0 Å². The van der Waals surface area contributed by atoms with E-state index < -0.39 is 0 Å². The summed E-state index contributed by atoms with van der Waals surface area (Å²) in [4.78, 5) is 0. The summed E-state index contributed by atoms with van der Waals surface area (Å²) in [6.45, 7) is 10.4. The molecule has 0 saturated carbocycles. The molecule has 0 fully saturated rings. The van der Waals surface area contributed by atoms with Crippen molar-refractivity contribution in [2.24, 2.45) is 0 Å². The predicted molar refractivity (Wildman–Crippen MR) is 80.6 cm³/mol. The van der Waals surface area contributed by atoms with Crippen molar-refractivity contribution in [3.63, 3.8) is 0 Å². The van der Waals surface area contributed by atoms with Gasteiger partial charge in [-0.1, -0.05) is 6.92 Å². The normalized spacial score (nSPS) is 17.6. The maximum absolute atomic E-state index is 2.51. The van der Waals surface area contributed by atoms with Crippen molar-refractivity contribution in [1.82, 2.24) is 0 Å². The van der Waals surface area contributed by atoms with Gasteiger partial charge in [-0.3, -0.25) is 0 Å². The zero-order valence-corrected chi connectivity index (χ0v) is 12.4. The Morgan fingerprint density at radius 1 is 1.22 bits per heavy atom. The first kappa shape index (κ1) is 11.9. The van der Waals surface area contributed by atoms with Crippen LogP contribution in [0.3, 0.4) is 0 Å². The molecule has 2 heteroatoms. The third-order valence-electron chi connectivity index (χ3n) is 4.29. The number of fused-ring (bicyclic) bond motifs is 3. The van der Waals surface area contributed by atoms with Crippen molar-refractivity contribution in [2.75, 3.05) is 6.54 Å². The summed E-state index contributed by atoms with van der Waals surface area (Å²) in [7, 11) is 0. The largest absolute Gasteiger partial charge is 0.210 e. The Bertz CT molecular complexity index is 646. The highest BCUT2D eigenvalue weighted by molar-refractivity contribution is 7.17. The van der Waals surface area contributed by atoms with Gasteiger partial charge in [0.15, 0.2) is 5.71 Å². The van der Waals surface area contributed by atoms with Crippen molar-refractivity contribution in [3.8, 4) is 0 Å². The summed E-state index contributed by atoms with van der Waals surface area (Å²) in [6.07, 6.45) is 1.19. The third kappa shape index (κ3) is 1.42. The number of hydrogen-bond donors (Lipinski definition) is 0. The van der Waals surface area contributed by atoms with Gasteiger partial charge in [-0.15, -0.1) is 11.3 Å². The first-order chi connectivity index (χ1) is 8.57. The van der Waals surface area contributed by atoms with Gasteiger partial charge in [0.05, 0.1) is 5.41 Å². The smallest absolute Gasteiger partial charge is 0.199 e. The zero-order valence-electron chi connectivity index (χ0n) is 11.6. The number of benzene rings is 1. The molecular weight excluding hydrogens is 238 g/mol. The van der Waals surface area contributed by atoms with E-state index in [-0.39, 0.29) is 5.41 Å². The van der Waals surface area contributed by atoms with E-state index in [4.69, 9.17) is 0 Å². The highest BCUT2D eigenvalue weighted by Gasteiger charge is 2.43. The lowest BCUT2D eigenvalue weighted by atomic mass is 9.81. The Balaban J connectivity index is 2.34. The molecule has 0 atom stereocenters. The molecule has 0 N–H and O–H groups in total. The molecule has 0 aliphatic carbocycles. The van der Waals surface area contributed by atoms with Gasteiger partial charge >= 0.3 is 0 Å². The minimum atomic E-state index is 0.158. The molecule has 1 aliphatic heterocycles. The molecule has 0 bridgehead atoms. The quantitative estimate of drug-likeness (QED) is 0.686. The van der Waals surface area contributed by atoms with Crippen LogP contribution in [-0.4, -0.2) is 16.8 Å². The molecule has 0 spiro atoms. The Labute approximate surface area is 113 Å². The number of hydrogen-bond acceptors (Lipinski definition) is 1. The molecule has 2 aromatic rings. The number of rotatable bonds is 2. The maximum atomic E-state index is 2.51. The van der Waals surface area contributed by atoms with Crippen LogP contribution in [0.1, 0.15) is 39.7 Å². The summed E-state index contributed by atoms with van der Waals surface area (Å²) in [5, 5.41) is 3.65. The van der Waals surface area contributed by atoms with E-state index in [1.54, 1.807) is 0 Å². The van der Waals surface area contributed by atoms with Crippen molar-refractivity contribution < 1.29 is 4.58 Å². The summed E-state index contributed by atoms with van der Waals surface area (Å²) < 4.78 is 3.92. The highest BCUT2D eigenvalue weighted by atomic mass is 32.1. The SMILES string of the molecule is CCC[N+]1=C(C)C(C)(C)c2c1ccc1sccc21. The first-order valence-electron chi connectivity index (χ1n) is 6.69. The Kier molecular flexibility index (Phi) is 2.60. The van der Waals surface area contributed by atoms with Crippen molar-refractivity contribution in [1.29, 1.82) is 0 Å². The molecule has 0 amide bonds. The molecule has 1 aromatic heterocycles. The van der Waals surface area contributed by atoms with Crippen LogP contribution in [-0.2, 0) is 5.41 Å². The van der Waals surface area contributed by atoms with E-state index in [1.165, 1.54) is 33.5 Å². The molecule has 3 rings (SSSR count). The Hall–Kier alpha value is -1.15. The Morgan fingerprint density at radius 2 is 2.00 bits per heavy atom. The van der Waals surface area contributed by atoms with Crippen LogP contribution in [0.5, 0.6) is 0 Å². The van der Waals surface area contributed by atoms with Gasteiger partial charge in [0.2, 0.25) is 5.69 Å². The third-order valence-corrected chi connectivity index (χ3v) is 5.17. The van der Waals surface area contributed by atoms with Gasteiger partial charge < -0.3 is 0 Å². The van der Waals surface area contributed by atoms with E-state index in [0.717, 1.165) is 6.54 Å². The van der Waals surface area contributed by atoms with Crippen LogP contribution in [0.25, 0.3) is 10.1 Å². The number of nitrogens with zero attached hydrogens (tertiary/aromatic N) is 1. The molecular formula is C16H20NS+. The predicted octanol–water partition coefficient (Wildman–Crippen LogP) is 4.71. The fraction of sp³-hybridized carbons (Fsp3) is 0.438. The average molecular weight is 258 g/mol. The van der Waals surface area contributed by atoms with Gasteiger partial charge in [-0.25, -0.2) is 0 Å². The van der Waals surface area contributed by atoms with Gasteiger partial charge in [0.1, 0.15) is 6.54 Å². The summed E-state index contributed by atoms with van der Waals surface area (Å²) in [6, 6.07) is 6.86. The lowest BCUT2D eigenvalue weighted by molar-refractivity contribution is -0.438. The van der Waals surface area contributed by atoms with Gasteiger partial charge in [0, 0.05) is 35.1 Å². The monoisotopic (exact) mass is 258 g/mol. The first-order valence-corrected chi connectivity index (χ1v) is 7.57. The van der Waals surface area contributed by atoms with E-state index >= 15 is 0 Å². The van der Waals surface area contributed by atoms with E-state index in [1.807, 2.05) is 11.3 Å². The standard InChI is InChI=1S/C16H20NS/c1-5-9-17-11(2)16(3,4)15-12-8-10-18-14(12)7-6-13(15)17/h6-8,10H,5,9H2,1-4H3/q+1. The molecule has 1 aliphatic rings. The molecule has 0 radical (unpaired) electrons. The zero-order chi connectivity index (χ0) is 12.9. The van der Waals surface area contributed by atoms with E-state index in [9.17, 15) is 0 Å². The fourth-order valence-corrected chi connectivity index (χ4v) is 3.92. The minimum absolute atomic E-state index is 0.158. The van der Waals surface area contributed by atoms with Crippen molar-refractivity contribution >= 4 is 32.8 Å². The van der Waals surface area contributed by atoms with E-state index in [0.29, 0.717) is 0 Å². The summed E-state index contributed by atoms with van der Waals surface area (Å²) in [5.41, 5.74) is 4.58. The second-order valence-electron chi connectivity index (χ2n) is 5.65. The molecule has 18 heavy (non-hydrogen) atoms. The fourth-order valence-electron chi connectivity index (χ4n) is 3.13. The van der Waals surface area contributed by atoms with Gasteiger partial charge in [-0.05, 0) is 31.4 Å².